The standard InChI is InChI=1S/C9H11NO2/c1-8(11)6-12-7-9-3-2-4-10-5-9/h2-5H,6-7H2,1H3. The number of carbonyl (C=O) groups is 1. The molecule has 0 bridgehead atoms. The maximum Gasteiger partial charge on any atom is 0.155 e. The van der Waals surface area contributed by atoms with Crippen molar-refractivity contribution in [2.24, 2.45) is 0 Å². The van der Waals surface area contributed by atoms with Crippen LogP contribution in [0.4, 0.5) is 0 Å². The quantitative estimate of drug-likeness (QED) is 0.672. The summed E-state index contributed by atoms with van der Waals surface area (Å²) in [6, 6.07) is 3.75. The van der Waals surface area contributed by atoms with Crippen LogP contribution in [0.2, 0.25) is 0 Å². The van der Waals surface area contributed by atoms with Crippen LogP contribution in [0.1, 0.15) is 12.5 Å². The predicted molar refractivity (Wildman–Crippen MR) is 44.6 cm³/mol. The molecule has 0 saturated heterocycles. The van der Waals surface area contributed by atoms with Crippen molar-refractivity contribution < 1.29 is 9.53 Å². The van der Waals surface area contributed by atoms with Crippen LogP contribution in [-0.2, 0) is 16.1 Å². The highest BCUT2D eigenvalue weighted by molar-refractivity contribution is 5.76. The molecular formula is C9H11NO2. The predicted octanol–water partition coefficient (Wildman–Crippen LogP) is 1.19. The lowest BCUT2D eigenvalue weighted by Gasteiger charge is -1.99. The molecule has 0 unspecified atom stereocenters. The molecule has 0 aliphatic rings. The molecule has 3 nitrogen and oxygen atoms in total. The van der Waals surface area contributed by atoms with Gasteiger partial charge >= 0.3 is 0 Å². The van der Waals surface area contributed by atoms with E-state index in [0.29, 0.717) is 6.61 Å². The molecule has 0 atom stereocenters. The van der Waals surface area contributed by atoms with Crippen LogP contribution in [0.25, 0.3) is 0 Å². The molecule has 0 aliphatic heterocycles. The van der Waals surface area contributed by atoms with Crippen LogP contribution in [0, 0.1) is 0 Å². The Balaban J connectivity index is 2.29. The first kappa shape index (κ1) is 8.87. The van der Waals surface area contributed by atoms with E-state index in [1.807, 2.05) is 12.1 Å². The van der Waals surface area contributed by atoms with Gasteiger partial charge in [-0.1, -0.05) is 6.07 Å². The fraction of sp³-hybridized carbons (Fsp3) is 0.333. The summed E-state index contributed by atoms with van der Waals surface area (Å²) < 4.78 is 5.09. The van der Waals surface area contributed by atoms with Gasteiger partial charge in [-0.25, -0.2) is 0 Å². The second-order valence-corrected chi connectivity index (χ2v) is 2.56. The van der Waals surface area contributed by atoms with E-state index in [1.165, 1.54) is 6.92 Å². The average Bonchev–Trinajstić information content (AvgIpc) is 2.05. The van der Waals surface area contributed by atoms with Crippen LogP contribution < -0.4 is 0 Å². The monoisotopic (exact) mass is 165 g/mol. The van der Waals surface area contributed by atoms with Gasteiger partial charge in [-0.05, 0) is 18.6 Å². The molecule has 0 spiro atoms. The van der Waals surface area contributed by atoms with Gasteiger partial charge in [0, 0.05) is 12.4 Å². The van der Waals surface area contributed by atoms with Crippen molar-refractivity contribution >= 4 is 5.78 Å². The lowest BCUT2D eigenvalue weighted by Crippen LogP contribution is -2.03. The lowest BCUT2D eigenvalue weighted by atomic mass is 10.3. The molecule has 64 valence electrons. The lowest BCUT2D eigenvalue weighted by molar-refractivity contribution is -0.121. The first-order valence-corrected chi connectivity index (χ1v) is 3.75. The SMILES string of the molecule is CC(=O)COCc1cccnc1. The van der Waals surface area contributed by atoms with Gasteiger partial charge in [-0.15, -0.1) is 0 Å². The normalized spacial score (nSPS) is 9.75. The number of pyridine rings is 1. The number of ketones is 1. The van der Waals surface area contributed by atoms with Crippen molar-refractivity contribution in [1.82, 2.24) is 4.98 Å². The van der Waals surface area contributed by atoms with E-state index >= 15 is 0 Å². The third-order valence-electron chi connectivity index (χ3n) is 1.30. The van der Waals surface area contributed by atoms with Crippen molar-refractivity contribution in [3.8, 4) is 0 Å². The largest absolute Gasteiger partial charge is 0.369 e. The molecular weight excluding hydrogens is 154 g/mol. The number of nitrogens with zero attached hydrogens (tertiary/aromatic N) is 1. The van der Waals surface area contributed by atoms with E-state index in [4.69, 9.17) is 4.74 Å². The molecule has 1 rings (SSSR count). The van der Waals surface area contributed by atoms with E-state index in [1.54, 1.807) is 12.4 Å². The zero-order valence-electron chi connectivity index (χ0n) is 6.99. The van der Waals surface area contributed by atoms with Gasteiger partial charge in [0.1, 0.15) is 6.61 Å². The van der Waals surface area contributed by atoms with Crippen LogP contribution in [0.5, 0.6) is 0 Å². The number of Topliss-reactive ketones (excluding diaryl/α,β-unsaturated/α-hetero) is 1. The van der Waals surface area contributed by atoms with E-state index < -0.39 is 0 Å². The Hall–Kier alpha value is -1.22. The highest BCUT2D eigenvalue weighted by Crippen LogP contribution is 1.97. The molecule has 0 aliphatic carbocycles. The second-order valence-electron chi connectivity index (χ2n) is 2.56. The van der Waals surface area contributed by atoms with E-state index in [0.717, 1.165) is 5.56 Å². The van der Waals surface area contributed by atoms with E-state index in [9.17, 15) is 4.79 Å². The minimum Gasteiger partial charge on any atom is -0.369 e. The molecule has 0 radical (unpaired) electrons. The highest BCUT2D eigenvalue weighted by atomic mass is 16.5. The number of rotatable bonds is 4. The number of ether oxygens (including phenoxy) is 1. The Morgan fingerprint density at radius 1 is 1.67 bits per heavy atom. The van der Waals surface area contributed by atoms with Crippen LogP contribution in [0.3, 0.4) is 0 Å². The molecule has 0 aromatic carbocycles. The van der Waals surface area contributed by atoms with Crippen LogP contribution in [-0.4, -0.2) is 17.4 Å². The number of aromatic nitrogens is 1. The maximum atomic E-state index is 10.5. The van der Waals surface area contributed by atoms with Crippen LogP contribution >= 0.6 is 0 Å². The Morgan fingerprint density at radius 2 is 2.50 bits per heavy atom. The summed E-state index contributed by atoms with van der Waals surface area (Å²) in [5.41, 5.74) is 0.985. The first-order chi connectivity index (χ1) is 5.79. The average molecular weight is 165 g/mol. The van der Waals surface area contributed by atoms with Crippen LogP contribution in [0.15, 0.2) is 24.5 Å². The molecule has 1 heterocycles. The van der Waals surface area contributed by atoms with Crippen molar-refractivity contribution in [2.45, 2.75) is 13.5 Å². The fourth-order valence-corrected chi connectivity index (χ4v) is 0.796. The fourth-order valence-electron chi connectivity index (χ4n) is 0.796. The topological polar surface area (TPSA) is 39.2 Å². The minimum atomic E-state index is 0.0406. The Kier molecular flexibility index (Phi) is 3.41. The van der Waals surface area contributed by atoms with Gasteiger partial charge in [0.25, 0.3) is 0 Å². The van der Waals surface area contributed by atoms with Crippen molar-refractivity contribution in [2.75, 3.05) is 6.61 Å². The van der Waals surface area contributed by atoms with Gasteiger partial charge in [0.05, 0.1) is 6.61 Å². The molecule has 1 aromatic rings. The molecule has 0 amide bonds. The highest BCUT2D eigenvalue weighted by Gasteiger charge is 1.94. The molecule has 0 saturated carbocycles. The summed E-state index contributed by atoms with van der Waals surface area (Å²) in [6.07, 6.45) is 3.43. The van der Waals surface area contributed by atoms with Crippen molar-refractivity contribution in [3.63, 3.8) is 0 Å². The first-order valence-electron chi connectivity index (χ1n) is 3.75. The molecule has 0 fully saturated rings. The summed E-state index contributed by atoms with van der Waals surface area (Å²) in [4.78, 5) is 14.4. The smallest absolute Gasteiger partial charge is 0.155 e. The minimum absolute atomic E-state index is 0.0406. The van der Waals surface area contributed by atoms with Gasteiger partial charge in [-0.3, -0.25) is 9.78 Å². The number of hydrogen-bond acceptors (Lipinski definition) is 3. The van der Waals surface area contributed by atoms with Crippen molar-refractivity contribution in [1.29, 1.82) is 0 Å². The summed E-state index contributed by atoms with van der Waals surface area (Å²) in [5.74, 6) is 0.0406. The third-order valence-corrected chi connectivity index (χ3v) is 1.30. The zero-order chi connectivity index (χ0) is 8.81. The zero-order valence-corrected chi connectivity index (χ0v) is 6.99. The third kappa shape index (κ3) is 3.25. The second kappa shape index (κ2) is 4.62. The Bertz CT molecular complexity index is 246. The van der Waals surface area contributed by atoms with E-state index in [2.05, 4.69) is 4.98 Å². The number of carbonyl (C=O) groups excluding carboxylic acids is 1. The Morgan fingerprint density at radius 3 is 3.08 bits per heavy atom. The summed E-state index contributed by atoms with van der Waals surface area (Å²) >= 11 is 0. The maximum absolute atomic E-state index is 10.5. The summed E-state index contributed by atoms with van der Waals surface area (Å²) in [7, 11) is 0. The Labute approximate surface area is 71.4 Å². The summed E-state index contributed by atoms with van der Waals surface area (Å²) in [6.45, 7) is 2.13. The molecule has 1 aromatic heterocycles. The summed E-state index contributed by atoms with van der Waals surface area (Å²) in [5, 5.41) is 0. The van der Waals surface area contributed by atoms with Gasteiger partial charge < -0.3 is 4.74 Å². The van der Waals surface area contributed by atoms with Gasteiger partial charge in [-0.2, -0.15) is 0 Å². The van der Waals surface area contributed by atoms with Crippen molar-refractivity contribution in [3.05, 3.63) is 30.1 Å². The molecule has 0 N–H and O–H groups in total. The molecule has 3 heteroatoms. The number of hydrogen-bond donors (Lipinski definition) is 0. The van der Waals surface area contributed by atoms with E-state index in [-0.39, 0.29) is 12.4 Å². The van der Waals surface area contributed by atoms with Gasteiger partial charge in [0.15, 0.2) is 5.78 Å². The molecule has 12 heavy (non-hydrogen) atoms. The van der Waals surface area contributed by atoms with Gasteiger partial charge in [0.2, 0.25) is 0 Å².